The van der Waals surface area contributed by atoms with E-state index in [1.54, 1.807) is 6.20 Å². The second-order valence-corrected chi connectivity index (χ2v) is 6.08. The Hall–Kier alpha value is -1.46. The molecule has 5 nitrogen and oxygen atoms in total. The molecule has 3 rings (SSSR count). The van der Waals surface area contributed by atoms with Gasteiger partial charge in [-0.2, -0.15) is 0 Å². The Kier molecular flexibility index (Phi) is 4.22. The van der Waals surface area contributed by atoms with E-state index in [1.165, 1.54) is 0 Å². The number of pyridine rings is 1. The van der Waals surface area contributed by atoms with E-state index < -0.39 is 5.41 Å². The number of rotatable bonds is 5. The number of nitrogens with zero attached hydrogens (tertiary/aromatic N) is 2. The lowest BCUT2D eigenvalue weighted by Crippen LogP contribution is -2.51. The van der Waals surface area contributed by atoms with Crippen LogP contribution in [0.15, 0.2) is 24.4 Å². The molecule has 2 aliphatic rings. The van der Waals surface area contributed by atoms with Crippen LogP contribution in [0.3, 0.4) is 0 Å². The quantitative estimate of drug-likeness (QED) is 0.888. The minimum Gasteiger partial charge on any atom is -0.381 e. The molecule has 21 heavy (non-hydrogen) atoms. The Morgan fingerprint density at radius 3 is 2.71 bits per heavy atom. The lowest BCUT2D eigenvalue weighted by atomic mass is 9.78. The molecule has 1 aliphatic heterocycles. The summed E-state index contributed by atoms with van der Waals surface area (Å²) in [6.45, 7) is 2.25. The maximum Gasteiger partial charge on any atom is 0.230 e. The number of carbonyl (C=O) groups excluding carboxylic acids is 1. The topological polar surface area (TPSA) is 68.5 Å². The molecule has 1 saturated heterocycles. The van der Waals surface area contributed by atoms with Crippen molar-refractivity contribution in [3.63, 3.8) is 0 Å². The summed E-state index contributed by atoms with van der Waals surface area (Å²) in [6, 6.07) is 6.20. The van der Waals surface area contributed by atoms with Gasteiger partial charge >= 0.3 is 0 Å². The third kappa shape index (κ3) is 3.09. The summed E-state index contributed by atoms with van der Waals surface area (Å²) in [5.74, 6) is 0.196. The number of hydrogen-bond donors (Lipinski definition) is 1. The molecule has 0 radical (unpaired) electrons. The van der Waals surface area contributed by atoms with Gasteiger partial charge in [0, 0.05) is 32.0 Å². The first-order valence-corrected chi connectivity index (χ1v) is 7.74. The summed E-state index contributed by atoms with van der Waals surface area (Å²) >= 11 is 0. The van der Waals surface area contributed by atoms with Crippen molar-refractivity contribution in [2.75, 3.05) is 19.8 Å². The number of hydrogen-bond acceptors (Lipinski definition) is 4. The van der Waals surface area contributed by atoms with Crippen molar-refractivity contribution in [1.82, 2.24) is 9.88 Å². The van der Waals surface area contributed by atoms with Crippen LogP contribution in [0.2, 0.25) is 0 Å². The highest BCUT2D eigenvalue weighted by Crippen LogP contribution is 2.37. The maximum absolute atomic E-state index is 13.1. The van der Waals surface area contributed by atoms with Crippen molar-refractivity contribution >= 4 is 5.91 Å². The summed E-state index contributed by atoms with van der Waals surface area (Å²) in [7, 11) is 0. The molecule has 2 heterocycles. The molecular weight excluding hydrogens is 266 g/mol. The molecule has 0 atom stereocenters. The van der Waals surface area contributed by atoms with Gasteiger partial charge in [0.05, 0.1) is 17.7 Å². The zero-order valence-electron chi connectivity index (χ0n) is 12.3. The Bertz CT molecular complexity index is 482. The smallest absolute Gasteiger partial charge is 0.230 e. The van der Waals surface area contributed by atoms with Gasteiger partial charge in [-0.05, 0) is 37.8 Å². The van der Waals surface area contributed by atoms with Crippen LogP contribution < -0.4 is 5.73 Å². The minimum atomic E-state index is -0.435. The van der Waals surface area contributed by atoms with Gasteiger partial charge in [0.15, 0.2) is 0 Å². The predicted molar refractivity (Wildman–Crippen MR) is 79.3 cm³/mol. The second kappa shape index (κ2) is 6.12. The number of aromatic nitrogens is 1. The highest BCUT2D eigenvalue weighted by atomic mass is 16.5. The van der Waals surface area contributed by atoms with E-state index in [-0.39, 0.29) is 5.91 Å². The van der Waals surface area contributed by atoms with Crippen LogP contribution in [-0.2, 0) is 16.1 Å². The van der Waals surface area contributed by atoms with E-state index in [0.717, 1.165) is 31.4 Å². The third-order valence-corrected chi connectivity index (χ3v) is 4.60. The fraction of sp³-hybridized carbons (Fsp3) is 0.625. The number of ether oxygens (including phenoxy) is 1. The van der Waals surface area contributed by atoms with Crippen molar-refractivity contribution < 1.29 is 9.53 Å². The van der Waals surface area contributed by atoms with E-state index in [0.29, 0.717) is 32.3 Å². The fourth-order valence-corrected chi connectivity index (χ4v) is 2.99. The number of carbonyl (C=O) groups is 1. The van der Waals surface area contributed by atoms with Crippen LogP contribution in [0.1, 0.15) is 31.4 Å². The first-order chi connectivity index (χ1) is 10.2. The summed E-state index contributed by atoms with van der Waals surface area (Å²) in [6.07, 6.45) is 5.42. The number of amides is 1. The van der Waals surface area contributed by atoms with Gasteiger partial charge in [-0.1, -0.05) is 6.07 Å². The predicted octanol–water partition coefficient (Wildman–Crippen LogP) is 1.33. The fourth-order valence-electron chi connectivity index (χ4n) is 2.99. The van der Waals surface area contributed by atoms with E-state index in [2.05, 4.69) is 4.98 Å². The van der Waals surface area contributed by atoms with Gasteiger partial charge in [-0.15, -0.1) is 0 Å². The Balaban J connectivity index is 1.78. The molecule has 1 saturated carbocycles. The molecule has 0 unspecified atom stereocenters. The van der Waals surface area contributed by atoms with Crippen LogP contribution >= 0.6 is 0 Å². The van der Waals surface area contributed by atoms with Gasteiger partial charge in [-0.25, -0.2) is 0 Å². The molecule has 2 N–H and O–H groups in total. The molecule has 1 aromatic heterocycles. The van der Waals surface area contributed by atoms with Crippen LogP contribution in [0.5, 0.6) is 0 Å². The maximum atomic E-state index is 13.1. The third-order valence-electron chi connectivity index (χ3n) is 4.60. The van der Waals surface area contributed by atoms with Gasteiger partial charge in [0.1, 0.15) is 0 Å². The van der Waals surface area contributed by atoms with Crippen molar-refractivity contribution in [1.29, 1.82) is 0 Å². The van der Waals surface area contributed by atoms with Crippen molar-refractivity contribution in [3.05, 3.63) is 30.1 Å². The normalized spacial score (nSPS) is 21.0. The SMILES string of the molecule is NCC1(C(=O)N(Cc2ccccn2)C2CC2)CCOCC1. The minimum absolute atomic E-state index is 0.196. The first kappa shape index (κ1) is 14.5. The van der Waals surface area contributed by atoms with Crippen LogP contribution in [0, 0.1) is 5.41 Å². The Labute approximate surface area is 125 Å². The van der Waals surface area contributed by atoms with Crippen molar-refractivity contribution in [2.24, 2.45) is 11.1 Å². The zero-order chi connectivity index (χ0) is 14.7. The molecular formula is C16H23N3O2. The average Bonchev–Trinajstić information content (AvgIpc) is 3.38. The zero-order valence-corrected chi connectivity index (χ0v) is 12.3. The van der Waals surface area contributed by atoms with E-state index in [1.807, 2.05) is 23.1 Å². The largest absolute Gasteiger partial charge is 0.381 e. The molecule has 1 aromatic rings. The van der Waals surface area contributed by atoms with Gasteiger partial charge in [0.2, 0.25) is 5.91 Å². The molecule has 0 aromatic carbocycles. The van der Waals surface area contributed by atoms with Crippen LogP contribution in [0.25, 0.3) is 0 Å². The lowest BCUT2D eigenvalue weighted by molar-refractivity contribution is -0.148. The molecule has 114 valence electrons. The Morgan fingerprint density at radius 1 is 1.38 bits per heavy atom. The molecule has 1 amide bonds. The standard InChI is InChI=1S/C16H23N3O2/c17-12-16(6-9-21-10-7-16)15(20)19(14-4-5-14)11-13-3-1-2-8-18-13/h1-3,8,14H,4-7,9-12,17H2. The molecule has 0 bridgehead atoms. The van der Waals surface area contributed by atoms with Crippen molar-refractivity contribution in [3.8, 4) is 0 Å². The molecule has 2 fully saturated rings. The summed E-state index contributed by atoms with van der Waals surface area (Å²) in [4.78, 5) is 19.5. The van der Waals surface area contributed by atoms with E-state index >= 15 is 0 Å². The van der Waals surface area contributed by atoms with Crippen LogP contribution in [-0.4, -0.2) is 41.6 Å². The van der Waals surface area contributed by atoms with E-state index in [9.17, 15) is 4.79 Å². The molecule has 0 spiro atoms. The highest BCUT2D eigenvalue weighted by Gasteiger charge is 2.45. The Morgan fingerprint density at radius 2 is 2.14 bits per heavy atom. The number of nitrogens with two attached hydrogens (primary N) is 1. The summed E-state index contributed by atoms with van der Waals surface area (Å²) < 4.78 is 5.41. The summed E-state index contributed by atoms with van der Waals surface area (Å²) in [5.41, 5.74) is 6.48. The lowest BCUT2D eigenvalue weighted by Gasteiger charge is -2.39. The first-order valence-electron chi connectivity index (χ1n) is 7.74. The monoisotopic (exact) mass is 289 g/mol. The average molecular weight is 289 g/mol. The molecule has 5 heteroatoms. The highest BCUT2D eigenvalue weighted by molar-refractivity contribution is 5.83. The second-order valence-electron chi connectivity index (χ2n) is 6.08. The van der Waals surface area contributed by atoms with Crippen molar-refractivity contribution in [2.45, 2.75) is 38.3 Å². The van der Waals surface area contributed by atoms with Crippen LogP contribution in [0.4, 0.5) is 0 Å². The van der Waals surface area contributed by atoms with E-state index in [4.69, 9.17) is 10.5 Å². The van der Waals surface area contributed by atoms with Gasteiger partial charge in [-0.3, -0.25) is 9.78 Å². The molecule has 1 aliphatic carbocycles. The van der Waals surface area contributed by atoms with Gasteiger partial charge < -0.3 is 15.4 Å². The summed E-state index contributed by atoms with van der Waals surface area (Å²) in [5, 5.41) is 0. The van der Waals surface area contributed by atoms with Gasteiger partial charge in [0.25, 0.3) is 0 Å².